The number of likely N-dealkylation sites (N-methyl/N-ethyl adjacent to an activating group) is 1. The van der Waals surface area contributed by atoms with Crippen LogP contribution in [0.4, 0.5) is 0 Å². The van der Waals surface area contributed by atoms with Crippen LogP contribution in [0.1, 0.15) is 0 Å². The van der Waals surface area contributed by atoms with Gasteiger partial charge in [-0.05, 0) is 7.05 Å². The Morgan fingerprint density at radius 2 is 2.46 bits per heavy atom. The monoisotopic (exact) mass is 183 g/mol. The fourth-order valence-electron chi connectivity index (χ4n) is 2.29. The van der Waals surface area contributed by atoms with Gasteiger partial charge < -0.3 is 19.5 Å². The van der Waals surface area contributed by atoms with Gasteiger partial charge in [0.2, 0.25) is 0 Å². The van der Waals surface area contributed by atoms with Crippen LogP contribution in [0.5, 0.6) is 0 Å². The number of hydrogen-bond acceptors (Lipinski definition) is 4. The van der Waals surface area contributed by atoms with Crippen LogP contribution in [0, 0.1) is 0 Å². The third-order valence-corrected chi connectivity index (χ3v) is 2.81. The Bertz CT molecular complexity index is 204. The Hall–Kier alpha value is -0.0951. The van der Waals surface area contributed by atoms with Gasteiger partial charge in [0, 0.05) is 13.1 Å². The average molecular weight is 183 g/mol. The summed E-state index contributed by atoms with van der Waals surface area (Å²) in [6.07, 6.45) is -0.0415. The van der Waals surface area contributed by atoms with Gasteiger partial charge in [0.15, 0.2) is 0 Å². The van der Waals surface area contributed by atoms with Crippen molar-refractivity contribution in [2.45, 2.75) is 23.8 Å². The molecule has 2 fully saturated rings. The number of nitrogens with one attached hydrogen (secondary N) is 1. The molecule has 2 rings (SSSR count). The van der Waals surface area contributed by atoms with Crippen molar-refractivity contribution in [3.63, 3.8) is 0 Å². The maximum absolute atomic E-state index is 5.76. The van der Waals surface area contributed by atoms with Gasteiger partial charge in [-0.2, -0.15) is 0 Å². The highest BCUT2D eigenvalue weighted by Crippen LogP contribution is 2.38. The van der Waals surface area contributed by atoms with Crippen LogP contribution in [0.3, 0.4) is 0 Å². The SMILES string of the molecule is [B][C@@H]1O[C@@]2(COC)CO[C@H]1C2NC. The zero-order chi connectivity index (χ0) is 9.47. The van der Waals surface area contributed by atoms with Crippen molar-refractivity contribution in [2.24, 2.45) is 0 Å². The molecule has 0 aliphatic carbocycles. The Labute approximate surface area is 79.3 Å². The molecule has 5 heteroatoms. The molecule has 72 valence electrons. The van der Waals surface area contributed by atoms with E-state index in [1.54, 1.807) is 7.11 Å². The first kappa shape index (κ1) is 9.46. The summed E-state index contributed by atoms with van der Waals surface area (Å²) in [4.78, 5) is 0. The van der Waals surface area contributed by atoms with Gasteiger partial charge in [-0.25, -0.2) is 0 Å². The first-order valence-corrected chi connectivity index (χ1v) is 4.45. The molecule has 2 aliphatic heterocycles. The van der Waals surface area contributed by atoms with E-state index in [0.717, 1.165) is 0 Å². The summed E-state index contributed by atoms with van der Waals surface area (Å²) in [6.45, 7) is 1.08. The van der Waals surface area contributed by atoms with Gasteiger partial charge >= 0.3 is 0 Å². The van der Waals surface area contributed by atoms with E-state index in [-0.39, 0.29) is 23.8 Å². The lowest BCUT2D eigenvalue weighted by atomic mass is 9.90. The molecule has 4 atom stereocenters. The van der Waals surface area contributed by atoms with Crippen LogP contribution in [-0.2, 0) is 14.2 Å². The molecule has 0 aromatic carbocycles. The smallest absolute Gasteiger partial charge is 0.132 e. The molecule has 1 N–H and O–H groups in total. The second-order valence-corrected chi connectivity index (χ2v) is 3.62. The highest BCUT2D eigenvalue weighted by molar-refractivity contribution is 6.11. The topological polar surface area (TPSA) is 39.7 Å². The first-order chi connectivity index (χ1) is 6.23. The number of rotatable bonds is 3. The molecule has 2 saturated heterocycles. The molecular weight excluding hydrogens is 169 g/mol. The molecule has 0 aromatic heterocycles. The van der Waals surface area contributed by atoms with E-state index in [1.807, 2.05) is 7.05 Å². The van der Waals surface area contributed by atoms with Gasteiger partial charge in [-0.15, -0.1) is 0 Å². The van der Waals surface area contributed by atoms with Crippen LogP contribution in [0.2, 0.25) is 0 Å². The van der Waals surface area contributed by atoms with Crippen LogP contribution in [0.25, 0.3) is 0 Å². The summed E-state index contributed by atoms with van der Waals surface area (Å²) < 4.78 is 16.3. The third kappa shape index (κ3) is 1.22. The average Bonchev–Trinajstić information content (AvgIpc) is 2.55. The second kappa shape index (κ2) is 3.24. The van der Waals surface area contributed by atoms with Crippen molar-refractivity contribution in [3.8, 4) is 0 Å². The van der Waals surface area contributed by atoms with E-state index >= 15 is 0 Å². The van der Waals surface area contributed by atoms with Crippen molar-refractivity contribution in [1.82, 2.24) is 5.32 Å². The Kier molecular flexibility index (Phi) is 2.36. The van der Waals surface area contributed by atoms with Gasteiger partial charge in [-0.1, -0.05) is 0 Å². The first-order valence-electron chi connectivity index (χ1n) is 4.45. The zero-order valence-electron chi connectivity index (χ0n) is 7.95. The molecule has 2 heterocycles. The predicted molar refractivity (Wildman–Crippen MR) is 47.8 cm³/mol. The molecule has 2 bridgehead atoms. The van der Waals surface area contributed by atoms with Crippen molar-refractivity contribution >= 4 is 7.85 Å². The lowest BCUT2D eigenvalue weighted by Gasteiger charge is -2.30. The van der Waals surface area contributed by atoms with Crippen LogP contribution in [0.15, 0.2) is 0 Å². The molecule has 13 heavy (non-hydrogen) atoms. The highest BCUT2D eigenvalue weighted by atomic mass is 16.6. The summed E-state index contributed by atoms with van der Waals surface area (Å²) in [5, 5.41) is 3.17. The zero-order valence-corrected chi connectivity index (χ0v) is 7.95. The molecule has 0 aromatic rings. The third-order valence-electron chi connectivity index (χ3n) is 2.81. The van der Waals surface area contributed by atoms with E-state index in [9.17, 15) is 0 Å². The Morgan fingerprint density at radius 3 is 3.00 bits per heavy atom. The van der Waals surface area contributed by atoms with E-state index in [2.05, 4.69) is 5.32 Å². The van der Waals surface area contributed by atoms with Gasteiger partial charge in [0.25, 0.3) is 0 Å². The van der Waals surface area contributed by atoms with Crippen molar-refractivity contribution < 1.29 is 14.2 Å². The predicted octanol–water partition coefficient (Wildman–Crippen LogP) is -1.12. The standard InChI is InChI=1S/C8H14BNO3/c1-10-6-5-7(9)13-8(6,3-11-2)4-12-5/h5-7,10H,3-4H2,1-2H3/t5-,6?,7+,8-/m0/s1. The fraction of sp³-hybridized carbons (Fsp3) is 1.00. The molecular formula is C8H14BNO3. The molecule has 2 aliphatic rings. The van der Waals surface area contributed by atoms with Gasteiger partial charge in [-0.3, -0.25) is 0 Å². The summed E-state index contributed by atoms with van der Waals surface area (Å²) >= 11 is 0. The van der Waals surface area contributed by atoms with E-state index in [4.69, 9.17) is 22.1 Å². The molecule has 4 nitrogen and oxygen atoms in total. The summed E-state index contributed by atoms with van der Waals surface area (Å²) in [7, 11) is 9.30. The van der Waals surface area contributed by atoms with E-state index < -0.39 is 0 Å². The minimum atomic E-state index is -0.381. The molecule has 1 unspecified atom stereocenters. The van der Waals surface area contributed by atoms with Crippen molar-refractivity contribution in [3.05, 3.63) is 0 Å². The summed E-state index contributed by atoms with van der Waals surface area (Å²) in [5.74, 6) is 0. The van der Waals surface area contributed by atoms with Gasteiger partial charge in [0.1, 0.15) is 13.4 Å². The molecule has 0 saturated carbocycles. The number of methoxy groups -OCH3 is 1. The summed E-state index contributed by atoms with van der Waals surface area (Å²) in [6, 6.07) is -0.191. The Balaban J connectivity index is 2.17. The minimum Gasteiger partial charge on any atom is -0.382 e. The molecule has 0 amide bonds. The molecule has 2 radical (unpaired) electrons. The highest BCUT2D eigenvalue weighted by Gasteiger charge is 2.59. The van der Waals surface area contributed by atoms with E-state index in [1.165, 1.54) is 0 Å². The number of hydrogen-bond donors (Lipinski definition) is 1. The second-order valence-electron chi connectivity index (χ2n) is 3.62. The van der Waals surface area contributed by atoms with Crippen LogP contribution in [-0.4, -0.2) is 59.0 Å². The van der Waals surface area contributed by atoms with Gasteiger partial charge in [0.05, 0.1) is 25.4 Å². The lowest BCUT2D eigenvalue weighted by Crippen LogP contribution is -2.50. The van der Waals surface area contributed by atoms with E-state index in [0.29, 0.717) is 13.2 Å². The quantitative estimate of drug-likeness (QED) is 0.563. The van der Waals surface area contributed by atoms with Crippen LogP contribution >= 0.6 is 0 Å². The maximum atomic E-state index is 5.76. The molecule has 0 spiro atoms. The largest absolute Gasteiger partial charge is 0.382 e. The number of ether oxygens (including phenoxy) is 3. The lowest BCUT2D eigenvalue weighted by molar-refractivity contribution is -0.136. The number of fused-ring (bicyclic) bond motifs is 2. The Morgan fingerprint density at radius 1 is 1.69 bits per heavy atom. The maximum Gasteiger partial charge on any atom is 0.132 e. The van der Waals surface area contributed by atoms with Crippen molar-refractivity contribution in [2.75, 3.05) is 27.4 Å². The summed E-state index contributed by atoms with van der Waals surface area (Å²) in [5.41, 5.74) is -0.381. The van der Waals surface area contributed by atoms with Crippen LogP contribution < -0.4 is 5.32 Å². The van der Waals surface area contributed by atoms with Crippen molar-refractivity contribution in [1.29, 1.82) is 0 Å². The fourth-order valence-corrected chi connectivity index (χ4v) is 2.29. The normalized spacial score (nSPS) is 48.6. The minimum absolute atomic E-state index is 0.0415.